The zero-order valence-corrected chi connectivity index (χ0v) is 30.7. The zero-order chi connectivity index (χ0) is 32.0. The van der Waals surface area contributed by atoms with E-state index in [1.165, 1.54) is 160 Å². The van der Waals surface area contributed by atoms with Gasteiger partial charge in [0.1, 0.15) is 6.10 Å². The lowest BCUT2D eigenvalue weighted by molar-refractivity contribution is 0.0415. The molecule has 0 aromatic heterocycles. The van der Waals surface area contributed by atoms with Crippen molar-refractivity contribution in [2.45, 2.75) is 220 Å². The molecule has 0 amide bonds. The van der Waals surface area contributed by atoms with Gasteiger partial charge < -0.3 is 10.1 Å². The molecule has 0 fully saturated rings. The van der Waals surface area contributed by atoms with Crippen LogP contribution in [0.2, 0.25) is 0 Å². The summed E-state index contributed by atoms with van der Waals surface area (Å²) in [6.07, 6.45) is 36.3. The molecular weight excluding hydrogens is 522 g/mol. The van der Waals surface area contributed by atoms with Gasteiger partial charge in [0.15, 0.2) is 0 Å². The lowest BCUT2D eigenvalue weighted by Gasteiger charge is -2.34. The molecule has 4 atom stereocenters. The third-order valence-corrected chi connectivity index (χ3v) is 9.80. The Hall–Kier alpha value is -0.760. The molecule has 0 radical (unpaired) electrons. The van der Waals surface area contributed by atoms with E-state index in [1.54, 1.807) is 0 Å². The Labute approximate surface area is 273 Å². The van der Waals surface area contributed by atoms with Crippen LogP contribution >= 0.6 is 0 Å². The van der Waals surface area contributed by atoms with Crippen LogP contribution in [0.15, 0.2) is 24.5 Å². The maximum atomic E-state index is 6.66. The normalized spacial score (nSPS) is 14.4. The van der Waals surface area contributed by atoms with Gasteiger partial charge in [-0.3, -0.25) is 0 Å². The molecule has 0 bridgehead atoms. The topological polar surface area (TPSA) is 21.3 Å². The number of rotatable bonds is 34. The van der Waals surface area contributed by atoms with Crippen molar-refractivity contribution in [3.8, 4) is 0 Å². The molecule has 0 aliphatic rings. The Bertz CT molecular complexity index is 613. The fourth-order valence-corrected chi connectivity index (χ4v) is 6.65. The SMILES string of the molecule is C=C(CCCCCCCCCCCCC)CC(C)C(NC)C(CC(C)CC)OC(=C)CCCCCCCCCCCCC. The molecule has 0 aliphatic carbocycles. The summed E-state index contributed by atoms with van der Waals surface area (Å²) in [5, 5.41) is 3.66. The van der Waals surface area contributed by atoms with Crippen molar-refractivity contribution in [1.82, 2.24) is 5.32 Å². The average molecular weight is 604 g/mol. The summed E-state index contributed by atoms with van der Waals surface area (Å²) in [5.74, 6) is 2.16. The molecule has 43 heavy (non-hydrogen) atoms. The Balaban J connectivity index is 4.34. The Kier molecular flexibility index (Phi) is 30.7. The first kappa shape index (κ1) is 42.2. The first-order valence-corrected chi connectivity index (χ1v) is 19.6. The van der Waals surface area contributed by atoms with Crippen molar-refractivity contribution in [3.63, 3.8) is 0 Å². The second-order valence-corrected chi connectivity index (χ2v) is 14.3. The van der Waals surface area contributed by atoms with Crippen LogP contribution in [0, 0.1) is 11.8 Å². The minimum Gasteiger partial charge on any atom is -0.494 e. The smallest absolute Gasteiger partial charge is 0.114 e. The summed E-state index contributed by atoms with van der Waals surface area (Å²) in [6, 6.07) is 0.331. The van der Waals surface area contributed by atoms with Gasteiger partial charge in [-0.25, -0.2) is 0 Å². The average Bonchev–Trinajstić information content (AvgIpc) is 2.98. The monoisotopic (exact) mass is 604 g/mol. The van der Waals surface area contributed by atoms with E-state index in [4.69, 9.17) is 4.74 Å². The van der Waals surface area contributed by atoms with Gasteiger partial charge in [0.2, 0.25) is 0 Å². The highest BCUT2D eigenvalue weighted by Gasteiger charge is 2.29. The predicted octanol–water partition coefficient (Wildman–Crippen LogP) is 13.9. The van der Waals surface area contributed by atoms with Crippen LogP contribution in [-0.2, 0) is 4.74 Å². The van der Waals surface area contributed by atoms with Crippen molar-refractivity contribution >= 4 is 0 Å². The van der Waals surface area contributed by atoms with Crippen molar-refractivity contribution in [2.75, 3.05) is 7.05 Å². The number of unbranched alkanes of at least 4 members (excludes halogenated alkanes) is 20. The summed E-state index contributed by atoms with van der Waals surface area (Å²) in [7, 11) is 2.12. The van der Waals surface area contributed by atoms with E-state index in [0.717, 1.165) is 25.0 Å². The van der Waals surface area contributed by atoms with Crippen molar-refractivity contribution in [1.29, 1.82) is 0 Å². The third-order valence-electron chi connectivity index (χ3n) is 9.80. The first-order valence-electron chi connectivity index (χ1n) is 19.6. The molecule has 0 spiro atoms. The van der Waals surface area contributed by atoms with Gasteiger partial charge in [0, 0.05) is 12.5 Å². The van der Waals surface area contributed by atoms with Gasteiger partial charge in [-0.05, 0) is 51.0 Å². The minimum atomic E-state index is 0.185. The van der Waals surface area contributed by atoms with Crippen LogP contribution < -0.4 is 5.32 Å². The lowest BCUT2D eigenvalue weighted by Crippen LogP contribution is -2.45. The Morgan fingerprint density at radius 1 is 0.581 bits per heavy atom. The predicted molar refractivity (Wildman–Crippen MR) is 196 cm³/mol. The van der Waals surface area contributed by atoms with E-state index in [0.29, 0.717) is 17.9 Å². The van der Waals surface area contributed by atoms with Crippen LogP contribution in [0.3, 0.4) is 0 Å². The molecule has 2 heteroatoms. The summed E-state index contributed by atoms with van der Waals surface area (Å²) in [6.45, 7) is 20.5. The number of hydrogen-bond donors (Lipinski definition) is 1. The molecule has 0 aromatic carbocycles. The number of ether oxygens (including phenoxy) is 1. The maximum absolute atomic E-state index is 6.66. The van der Waals surface area contributed by atoms with E-state index in [-0.39, 0.29) is 6.10 Å². The van der Waals surface area contributed by atoms with Gasteiger partial charge in [-0.1, -0.05) is 188 Å². The quantitative estimate of drug-likeness (QED) is 0.0449. The van der Waals surface area contributed by atoms with Crippen molar-refractivity contribution in [2.24, 2.45) is 11.8 Å². The fourth-order valence-electron chi connectivity index (χ4n) is 6.65. The summed E-state index contributed by atoms with van der Waals surface area (Å²) < 4.78 is 6.66. The molecule has 0 heterocycles. The van der Waals surface area contributed by atoms with Crippen LogP contribution in [-0.4, -0.2) is 19.2 Å². The van der Waals surface area contributed by atoms with Gasteiger partial charge in [-0.15, -0.1) is 0 Å². The van der Waals surface area contributed by atoms with Gasteiger partial charge in [0.05, 0.1) is 5.76 Å². The standard InChI is InChI=1S/C41H81NO/c1-9-12-14-16-18-20-22-24-26-28-30-32-37(5)34-38(6)41(42-8)40(35-36(4)11-3)43-39(7)33-31-29-27-25-23-21-19-17-15-13-10-2/h36,38,40-42H,5,7,9-35H2,1-4,6,8H3. The van der Waals surface area contributed by atoms with E-state index in [1.807, 2.05) is 0 Å². The molecule has 0 aliphatic heterocycles. The van der Waals surface area contributed by atoms with Crippen LogP contribution in [0.5, 0.6) is 0 Å². The Morgan fingerprint density at radius 2 is 0.977 bits per heavy atom. The molecule has 0 saturated carbocycles. The molecular formula is C41H81NO. The molecule has 0 rings (SSSR count). The van der Waals surface area contributed by atoms with Crippen molar-refractivity contribution in [3.05, 3.63) is 24.5 Å². The highest BCUT2D eigenvalue weighted by atomic mass is 16.5. The molecule has 2 nitrogen and oxygen atoms in total. The number of hydrogen-bond acceptors (Lipinski definition) is 2. The molecule has 1 N–H and O–H groups in total. The van der Waals surface area contributed by atoms with E-state index in [2.05, 4.69) is 60.1 Å². The fraction of sp³-hybridized carbons (Fsp3) is 0.902. The summed E-state index contributed by atoms with van der Waals surface area (Å²) >= 11 is 0. The first-order chi connectivity index (χ1) is 20.9. The van der Waals surface area contributed by atoms with E-state index < -0.39 is 0 Å². The number of likely N-dealkylation sites (N-methyl/N-ethyl adjacent to an activating group) is 1. The number of allylic oxidation sites excluding steroid dienone is 2. The molecule has 4 unspecified atom stereocenters. The lowest BCUT2D eigenvalue weighted by atomic mass is 9.85. The molecule has 0 aromatic rings. The molecule has 256 valence electrons. The largest absolute Gasteiger partial charge is 0.494 e. The Morgan fingerprint density at radius 3 is 1.37 bits per heavy atom. The van der Waals surface area contributed by atoms with Crippen LogP contribution in [0.1, 0.15) is 208 Å². The van der Waals surface area contributed by atoms with Gasteiger partial charge in [-0.2, -0.15) is 0 Å². The second kappa shape index (κ2) is 31.2. The summed E-state index contributed by atoms with van der Waals surface area (Å²) in [5.41, 5.74) is 1.42. The van der Waals surface area contributed by atoms with Crippen molar-refractivity contribution < 1.29 is 4.74 Å². The molecule has 0 saturated heterocycles. The van der Waals surface area contributed by atoms with Crippen LogP contribution in [0.4, 0.5) is 0 Å². The highest BCUT2D eigenvalue weighted by molar-refractivity contribution is 4.99. The maximum Gasteiger partial charge on any atom is 0.114 e. The highest BCUT2D eigenvalue weighted by Crippen LogP contribution is 2.27. The van der Waals surface area contributed by atoms with E-state index in [9.17, 15) is 0 Å². The second-order valence-electron chi connectivity index (χ2n) is 14.3. The van der Waals surface area contributed by atoms with Gasteiger partial charge in [0.25, 0.3) is 0 Å². The third kappa shape index (κ3) is 26.2. The van der Waals surface area contributed by atoms with Crippen LogP contribution in [0.25, 0.3) is 0 Å². The van der Waals surface area contributed by atoms with E-state index >= 15 is 0 Å². The summed E-state index contributed by atoms with van der Waals surface area (Å²) in [4.78, 5) is 0. The zero-order valence-electron chi connectivity index (χ0n) is 30.7. The number of nitrogens with one attached hydrogen (secondary N) is 1. The van der Waals surface area contributed by atoms with Gasteiger partial charge >= 0.3 is 0 Å². The minimum absolute atomic E-state index is 0.185.